The van der Waals surface area contributed by atoms with Gasteiger partial charge in [0, 0.05) is 28.2 Å². The minimum absolute atomic E-state index is 0.184. The van der Waals surface area contributed by atoms with E-state index in [4.69, 9.17) is 9.47 Å². The van der Waals surface area contributed by atoms with E-state index >= 15 is 0 Å². The first-order valence-corrected chi connectivity index (χ1v) is 11.1. The molecule has 1 atom stereocenters. The van der Waals surface area contributed by atoms with E-state index in [2.05, 4.69) is 28.1 Å². The number of likely N-dealkylation sites (N-methyl/N-ethyl adjacent to an activating group) is 1. The maximum absolute atomic E-state index is 13.0. The van der Waals surface area contributed by atoms with Gasteiger partial charge < -0.3 is 19.5 Å². The Bertz CT molecular complexity index is 1120. The van der Waals surface area contributed by atoms with Crippen molar-refractivity contribution in [1.29, 1.82) is 0 Å². The van der Waals surface area contributed by atoms with Crippen molar-refractivity contribution >= 4 is 22.0 Å². The van der Waals surface area contributed by atoms with Crippen molar-refractivity contribution < 1.29 is 19.4 Å². The Morgan fingerprint density at radius 3 is 2.42 bits per heavy atom. The summed E-state index contributed by atoms with van der Waals surface area (Å²) < 4.78 is 12.8. The summed E-state index contributed by atoms with van der Waals surface area (Å²) >= 11 is 3.56. The molecule has 0 saturated carbocycles. The molecule has 5 nitrogen and oxygen atoms in total. The number of phenols is 1. The monoisotopic (exact) mass is 479 g/mol. The molecule has 0 spiro atoms. The minimum Gasteiger partial charge on any atom is -0.508 e. The number of carbonyl (C=O) groups is 1. The second-order valence-electron chi connectivity index (χ2n) is 7.89. The van der Waals surface area contributed by atoms with Gasteiger partial charge in [-0.2, -0.15) is 0 Å². The highest BCUT2D eigenvalue weighted by atomic mass is 79.9. The van der Waals surface area contributed by atoms with Crippen molar-refractivity contribution in [3.8, 4) is 16.9 Å². The molecule has 0 aromatic heterocycles. The van der Waals surface area contributed by atoms with Gasteiger partial charge in [-0.1, -0.05) is 64.5 Å². The topological polar surface area (TPSA) is 59.0 Å². The zero-order valence-electron chi connectivity index (χ0n) is 17.0. The Balaban J connectivity index is 1.37. The van der Waals surface area contributed by atoms with Crippen molar-refractivity contribution in [2.45, 2.75) is 18.6 Å². The second-order valence-corrected chi connectivity index (χ2v) is 8.74. The van der Waals surface area contributed by atoms with Crippen molar-refractivity contribution in [3.05, 3.63) is 87.4 Å². The molecule has 1 aliphatic heterocycles. The third kappa shape index (κ3) is 3.50. The number of fused-ring (bicyclic) bond motifs is 4. The third-order valence-corrected chi connectivity index (χ3v) is 6.76. The number of carbonyl (C=O) groups excluding carboxylic acids is 1. The molecule has 0 radical (unpaired) electrons. The third-order valence-electron chi connectivity index (χ3n) is 6.02. The van der Waals surface area contributed by atoms with E-state index in [1.165, 1.54) is 4.90 Å². The van der Waals surface area contributed by atoms with E-state index < -0.39 is 18.3 Å². The van der Waals surface area contributed by atoms with Gasteiger partial charge in [0.1, 0.15) is 11.9 Å². The van der Waals surface area contributed by atoms with Crippen LogP contribution in [0.3, 0.4) is 0 Å². The molecular formula is C25H22BrNO4. The Hall–Kier alpha value is -2.83. The van der Waals surface area contributed by atoms with Crippen molar-refractivity contribution in [2.24, 2.45) is 0 Å². The maximum atomic E-state index is 13.0. The van der Waals surface area contributed by atoms with Crippen LogP contribution in [0, 0.1) is 0 Å². The summed E-state index contributed by atoms with van der Waals surface area (Å²) in [5.74, 6) is 0.184. The molecule has 1 N–H and O–H groups in total. The lowest BCUT2D eigenvalue weighted by Crippen LogP contribution is -2.35. The van der Waals surface area contributed by atoms with Gasteiger partial charge in [0.05, 0.1) is 13.2 Å². The number of rotatable bonds is 3. The van der Waals surface area contributed by atoms with E-state index in [0.29, 0.717) is 13.0 Å². The molecule has 1 amide bonds. The summed E-state index contributed by atoms with van der Waals surface area (Å²) in [5.41, 5.74) is 5.93. The van der Waals surface area contributed by atoms with Gasteiger partial charge in [-0.3, -0.25) is 0 Å². The van der Waals surface area contributed by atoms with Crippen LogP contribution in [0.1, 0.15) is 34.5 Å². The Morgan fingerprint density at radius 2 is 1.74 bits per heavy atom. The molecule has 2 aliphatic rings. The molecule has 3 aromatic carbocycles. The first kappa shape index (κ1) is 20.1. The predicted octanol–water partition coefficient (Wildman–Crippen LogP) is 5.61. The van der Waals surface area contributed by atoms with E-state index in [9.17, 15) is 9.90 Å². The molecule has 3 aromatic rings. The van der Waals surface area contributed by atoms with Crippen molar-refractivity contribution in [3.63, 3.8) is 0 Å². The highest BCUT2D eigenvalue weighted by molar-refractivity contribution is 9.10. The number of ether oxygens (including phenoxy) is 2. The predicted molar refractivity (Wildman–Crippen MR) is 121 cm³/mol. The zero-order valence-corrected chi connectivity index (χ0v) is 18.6. The molecule has 5 rings (SSSR count). The molecular weight excluding hydrogens is 458 g/mol. The van der Waals surface area contributed by atoms with Crippen LogP contribution >= 0.6 is 15.9 Å². The van der Waals surface area contributed by atoms with Gasteiger partial charge in [-0.15, -0.1) is 0 Å². The normalized spacial score (nSPS) is 16.9. The van der Waals surface area contributed by atoms with Crippen molar-refractivity contribution in [1.82, 2.24) is 4.90 Å². The fraction of sp³-hybridized carbons (Fsp3) is 0.240. The first-order valence-electron chi connectivity index (χ1n) is 10.3. The SMILES string of the molecule is CN(CC1OCCc2c(Br)ccc(O)c21)C(=O)OC1c2ccccc2-c2ccccc21. The molecule has 31 heavy (non-hydrogen) atoms. The molecule has 1 aliphatic carbocycles. The summed E-state index contributed by atoms with van der Waals surface area (Å²) in [4.78, 5) is 14.6. The number of amides is 1. The van der Waals surface area contributed by atoms with Crippen LogP contribution < -0.4 is 0 Å². The average Bonchev–Trinajstić information content (AvgIpc) is 3.10. The highest BCUT2D eigenvalue weighted by Crippen LogP contribution is 2.45. The molecule has 1 heterocycles. The van der Waals surface area contributed by atoms with Gasteiger partial charge >= 0.3 is 6.09 Å². The largest absolute Gasteiger partial charge is 0.508 e. The Morgan fingerprint density at radius 1 is 1.10 bits per heavy atom. The van der Waals surface area contributed by atoms with E-state index in [-0.39, 0.29) is 12.3 Å². The summed E-state index contributed by atoms with van der Waals surface area (Å²) in [7, 11) is 1.70. The summed E-state index contributed by atoms with van der Waals surface area (Å²) in [6.45, 7) is 0.817. The number of hydrogen-bond donors (Lipinski definition) is 1. The quantitative estimate of drug-likeness (QED) is 0.530. The fourth-order valence-electron chi connectivity index (χ4n) is 4.52. The van der Waals surface area contributed by atoms with Crippen LogP contribution in [0.15, 0.2) is 65.1 Å². The van der Waals surface area contributed by atoms with Crippen LogP contribution in [-0.4, -0.2) is 36.3 Å². The number of hydrogen-bond acceptors (Lipinski definition) is 4. The van der Waals surface area contributed by atoms with Gasteiger partial charge in [0.25, 0.3) is 0 Å². The minimum atomic E-state index is -0.440. The standard InChI is InChI=1S/C25H22BrNO4/c1-27(14-22-23-19(12-13-30-22)20(26)10-11-21(23)28)25(29)31-24-17-8-4-2-6-15(17)16-7-3-5-9-18(16)24/h2-11,22,24,28H,12-14H2,1H3. The second kappa shape index (κ2) is 8.02. The Labute approximate surface area is 189 Å². The lowest BCUT2D eigenvalue weighted by molar-refractivity contribution is 0.0127. The van der Waals surface area contributed by atoms with E-state index in [0.717, 1.165) is 37.9 Å². The highest BCUT2D eigenvalue weighted by Gasteiger charge is 2.33. The summed E-state index contributed by atoms with van der Waals surface area (Å²) in [6, 6.07) is 19.5. The molecule has 6 heteroatoms. The fourth-order valence-corrected chi connectivity index (χ4v) is 5.06. The first-order chi connectivity index (χ1) is 15.0. The number of aromatic hydroxyl groups is 1. The molecule has 0 saturated heterocycles. The molecule has 1 unspecified atom stereocenters. The number of nitrogens with zero attached hydrogens (tertiary/aromatic N) is 1. The number of benzene rings is 3. The lowest BCUT2D eigenvalue weighted by Gasteiger charge is -2.31. The number of phenolic OH excluding ortho intramolecular Hbond substituents is 1. The molecule has 158 valence electrons. The molecule has 0 bridgehead atoms. The van der Waals surface area contributed by atoms with E-state index in [1.54, 1.807) is 13.1 Å². The van der Waals surface area contributed by atoms with E-state index in [1.807, 2.05) is 42.5 Å². The molecule has 0 fully saturated rings. The van der Waals surface area contributed by atoms with Gasteiger partial charge in [-0.25, -0.2) is 4.79 Å². The smallest absolute Gasteiger partial charge is 0.410 e. The lowest BCUT2D eigenvalue weighted by atomic mass is 9.96. The number of halogens is 1. The summed E-state index contributed by atoms with van der Waals surface area (Å²) in [5, 5.41) is 10.4. The average molecular weight is 480 g/mol. The van der Waals surface area contributed by atoms with Crippen molar-refractivity contribution in [2.75, 3.05) is 20.2 Å². The maximum Gasteiger partial charge on any atom is 0.410 e. The summed E-state index contributed by atoms with van der Waals surface area (Å²) in [6.07, 6.45) is -0.571. The zero-order chi connectivity index (χ0) is 21.5. The van der Waals surface area contributed by atoms with Gasteiger partial charge in [0.15, 0.2) is 6.10 Å². The Kier molecular flexibility index (Phi) is 5.20. The van der Waals surface area contributed by atoms with Gasteiger partial charge in [-0.05, 0) is 35.2 Å². The van der Waals surface area contributed by atoms with Crippen LogP contribution in [-0.2, 0) is 15.9 Å². The van der Waals surface area contributed by atoms with Gasteiger partial charge in [0.2, 0.25) is 0 Å². The van der Waals surface area contributed by atoms with Crippen LogP contribution in [0.2, 0.25) is 0 Å². The van der Waals surface area contributed by atoms with Crippen LogP contribution in [0.25, 0.3) is 11.1 Å². The van der Waals surface area contributed by atoms with Crippen LogP contribution in [0.4, 0.5) is 4.79 Å². The van der Waals surface area contributed by atoms with Crippen LogP contribution in [0.5, 0.6) is 5.75 Å².